The molecule has 1 aliphatic rings. The third-order valence-electron chi connectivity index (χ3n) is 5.39. The van der Waals surface area contributed by atoms with E-state index in [2.05, 4.69) is 5.32 Å². The molecule has 9 heteroatoms. The van der Waals surface area contributed by atoms with Gasteiger partial charge in [0.15, 0.2) is 0 Å². The Bertz CT molecular complexity index is 998. The number of carbonyl (C=O) groups is 3. The highest BCUT2D eigenvalue weighted by Crippen LogP contribution is 2.29. The Hall–Kier alpha value is -2.28. The molecule has 0 bridgehead atoms. The Balaban J connectivity index is 1.97. The van der Waals surface area contributed by atoms with Crippen molar-refractivity contribution in [3.05, 3.63) is 69.2 Å². The van der Waals surface area contributed by atoms with Crippen LogP contribution in [0.5, 0.6) is 0 Å². The lowest BCUT2D eigenvalue weighted by Gasteiger charge is -2.41. The molecule has 3 rings (SSSR count). The molecule has 164 valence electrons. The number of halogens is 3. The lowest BCUT2D eigenvalue weighted by molar-refractivity contribution is -0.142. The number of urea groups is 1. The summed E-state index contributed by atoms with van der Waals surface area (Å²) in [4.78, 5) is 38.4. The predicted octanol–water partition coefficient (Wildman–Crippen LogP) is 4.69. The summed E-state index contributed by atoms with van der Waals surface area (Å²) in [7, 11) is 1.32. The second-order valence-electron chi connectivity index (χ2n) is 7.29. The third-order valence-corrected chi connectivity index (χ3v) is 6.18. The van der Waals surface area contributed by atoms with Gasteiger partial charge in [0.05, 0.1) is 13.5 Å². The predicted molar refractivity (Wildman–Crippen MR) is 120 cm³/mol. The smallest absolute Gasteiger partial charge is 0.317 e. The van der Waals surface area contributed by atoms with Crippen LogP contribution in [0.4, 0.5) is 4.79 Å². The van der Waals surface area contributed by atoms with E-state index in [1.54, 1.807) is 47.4 Å². The molecule has 0 spiro atoms. The maximum atomic E-state index is 12.8. The van der Waals surface area contributed by atoms with Gasteiger partial charge in [-0.05, 0) is 47.3 Å². The first-order chi connectivity index (χ1) is 14.8. The van der Waals surface area contributed by atoms with Crippen LogP contribution in [0.15, 0.2) is 42.5 Å². The molecule has 2 aromatic carbocycles. The minimum Gasteiger partial charge on any atom is -0.469 e. The summed E-state index contributed by atoms with van der Waals surface area (Å²) in [6, 6.07) is 11.4. The Labute approximate surface area is 195 Å². The van der Waals surface area contributed by atoms with Crippen molar-refractivity contribution in [2.75, 3.05) is 13.7 Å². The van der Waals surface area contributed by atoms with Crippen LogP contribution in [0, 0.1) is 5.92 Å². The van der Waals surface area contributed by atoms with E-state index in [1.165, 1.54) is 7.11 Å². The molecule has 1 heterocycles. The van der Waals surface area contributed by atoms with E-state index in [0.717, 1.165) is 0 Å². The Morgan fingerprint density at radius 2 is 1.90 bits per heavy atom. The molecular formula is C22H21Cl3N2O4. The average molecular weight is 484 g/mol. The first-order valence-corrected chi connectivity index (χ1v) is 10.8. The van der Waals surface area contributed by atoms with Gasteiger partial charge in [0, 0.05) is 40.7 Å². The summed E-state index contributed by atoms with van der Waals surface area (Å²) in [5.41, 5.74) is 1.78. The molecule has 6 nitrogen and oxygen atoms in total. The summed E-state index contributed by atoms with van der Waals surface area (Å²) in [6.07, 6.45) is 0.457. The SMILES string of the molecule is COC(=O)CC1CNC(=O)N(Cc2ccc(Cl)cc2Cl)C1Cc1ccccc1C(=O)Cl. The Morgan fingerprint density at radius 3 is 2.58 bits per heavy atom. The number of hydrogen-bond acceptors (Lipinski definition) is 4. The molecule has 0 aromatic heterocycles. The lowest BCUT2D eigenvalue weighted by atomic mass is 9.86. The number of nitrogens with zero attached hydrogens (tertiary/aromatic N) is 1. The molecule has 2 unspecified atom stereocenters. The fraction of sp³-hybridized carbons (Fsp3) is 0.318. The van der Waals surface area contributed by atoms with E-state index < -0.39 is 11.3 Å². The molecule has 2 aromatic rings. The quantitative estimate of drug-likeness (QED) is 0.458. The van der Waals surface area contributed by atoms with Crippen LogP contribution in [-0.4, -0.2) is 41.8 Å². The minimum atomic E-state index is -0.576. The number of hydrogen-bond donors (Lipinski definition) is 1. The van der Waals surface area contributed by atoms with Crippen molar-refractivity contribution in [2.24, 2.45) is 5.92 Å². The van der Waals surface area contributed by atoms with Crippen molar-refractivity contribution in [2.45, 2.75) is 25.4 Å². The highest BCUT2D eigenvalue weighted by atomic mass is 35.5. The Kier molecular flexibility index (Phi) is 7.81. The molecule has 31 heavy (non-hydrogen) atoms. The molecule has 0 radical (unpaired) electrons. The van der Waals surface area contributed by atoms with Gasteiger partial charge in [-0.15, -0.1) is 0 Å². The maximum Gasteiger partial charge on any atom is 0.317 e. The van der Waals surface area contributed by atoms with Gasteiger partial charge in [-0.3, -0.25) is 9.59 Å². The second kappa shape index (κ2) is 10.4. The van der Waals surface area contributed by atoms with Crippen LogP contribution in [0.1, 0.15) is 27.9 Å². The van der Waals surface area contributed by atoms with E-state index >= 15 is 0 Å². The molecule has 0 saturated carbocycles. The number of rotatable bonds is 7. The van der Waals surface area contributed by atoms with Crippen LogP contribution >= 0.6 is 34.8 Å². The van der Waals surface area contributed by atoms with Gasteiger partial charge < -0.3 is 15.0 Å². The summed E-state index contributed by atoms with van der Waals surface area (Å²) in [6.45, 7) is 0.515. The average Bonchev–Trinajstić information content (AvgIpc) is 2.74. The molecule has 2 atom stereocenters. The largest absolute Gasteiger partial charge is 0.469 e. The molecular weight excluding hydrogens is 463 g/mol. The number of benzene rings is 2. The van der Waals surface area contributed by atoms with Gasteiger partial charge >= 0.3 is 12.0 Å². The fourth-order valence-electron chi connectivity index (χ4n) is 3.78. The summed E-state index contributed by atoms with van der Waals surface area (Å²) >= 11 is 18.1. The van der Waals surface area contributed by atoms with E-state index in [1.807, 2.05) is 0 Å². The van der Waals surface area contributed by atoms with Crippen LogP contribution in [-0.2, 0) is 22.5 Å². The third kappa shape index (κ3) is 5.70. The van der Waals surface area contributed by atoms with Crippen molar-refractivity contribution < 1.29 is 19.1 Å². The van der Waals surface area contributed by atoms with E-state index in [9.17, 15) is 14.4 Å². The number of amides is 2. The topological polar surface area (TPSA) is 75.7 Å². The van der Waals surface area contributed by atoms with Gasteiger partial charge in [-0.2, -0.15) is 0 Å². The molecule has 0 aliphatic carbocycles. The van der Waals surface area contributed by atoms with Gasteiger partial charge in [-0.25, -0.2) is 4.79 Å². The number of esters is 1. The fourth-order valence-corrected chi connectivity index (χ4v) is 4.43. The van der Waals surface area contributed by atoms with Crippen molar-refractivity contribution >= 4 is 52.0 Å². The van der Waals surface area contributed by atoms with Crippen LogP contribution in [0.2, 0.25) is 10.0 Å². The van der Waals surface area contributed by atoms with Crippen molar-refractivity contribution in [1.29, 1.82) is 0 Å². The zero-order chi connectivity index (χ0) is 22.5. The molecule has 2 amide bonds. The second-order valence-corrected chi connectivity index (χ2v) is 8.48. The molecule has 1 aliphatic heterocycles. The van der Waals surface area contributed by atoms with Crippen LogP contribution < -0.4 is 5.32 Å². The summed E-state index contributed by atoms with van der Waals surface area (Å²) in [5, 5.41) is 3.18. The van der Waals surface area contributed by atoms with E-state index in [0.29, 0.717) is 39.7 Å². The van der Waals surface area contributed by atoms with E-state index in [-0.39, 0.29) is 30.9 Å². The number of ether oxygens (including phenoxy) is 1. The summed E-state index contributed by atoms with van der Waals surface area (Å²) in [5.74, 6) is -0.618. The van der Waals surface area contributed by atoms with Crippen molar-refractivity contribution in [3.63, 3.8) is 0 Å². The standard InChI is InChI=1S/C22H21Cl3N2O4/c1-31-20(28)9-15-11-26-22(30)27(12-14-6-7-16(23)10-18(14)24)19(15)8-13-4-2-3-5-17(13)21(25)29/h2-7,10,15,19H,8-9,11-12H2,1H3,(H,26,30). The van der Waals surface area contributed by atoms with Crippen LogP contribution in [0.3, 0.4) is 0 Å². The number of carbonyl (C=O) groups excluding carboxylic acids is 3. The van der Waals surface area contributed by atoms with Crippen molar-refractivity contribution in [3.8, 4) is 0 Å². The summed E-state index contributed by atoms with van der Waals surface area (Å²) < 4.78 is 4.84. The maximum absolute atomic E-state index is 12.8. The highest BCUT2D eigenvalue weighted by Gasteiger charge is 2.37. The van der Waals surface area contributed by atoms with Gasteiger partial charge in [-0.1, -0.05) is 47.5 Å². The normalized spacial score (nSPS) is 18.5. The molecule has 1 saturated heterocycles. The van der Waals surface area contributed by atoms with Crippen molar-refractivity contribution in [1.82, 2.24) is 10.2 Å². The molecule has 1 N–H and O–H groups in total. The first kappa shape index (κ1) is 23.4. The number of nitrogens with one attached hydrogen (secondary N) is 1. The monoisotopic (exact) mass is 482 g/mol. The first-order valence-electron chi connectivity index (χ1n) is 9.63. The van der Waals surface area contributed by atoms with E-state index in [4.69, 9.17) is 39.5 Å². The number of methoxy groups -OCH3 is 1. The highest BCUT2D eigenvalue weighted by molar-refractivity contribution is 6.67. The van der Waals surface area contributed by atoms with Gasteiger partial charge in [0.25, 0.3) is 5.24 Å². The lowest BCUT2D eigenvalue weighted by Crippen LogP contribution is -2.58. The Morgan fingerprint density at radius 1 is 1.16 bits per heavy atom. The zero-order valence-corrected chi connectivity index (χ0v) is 19.0. The molecule has 1 fully saturated rings. The minimum absolute atomic E-state index is 0.114. The van der Waals surface area contributed by atoms with Crippen LogP contribution in [0.25, 0.3) is 0 Å². The van der Waals surface area contributed by atoms with Gasteiger partial charge in [0.1, 0.15) is 0 Å². The van der Waals surface area contributed by atoms with Gasteiger partial charge in [0.2, 0.25) is 0 Å². The zero-order valence-electron chi connectivity index (χ0n) is 16.7.